The van der Waals surface area contributed by atoms with Gasteiger partial charge in [0.2, 0.25) is 0 Å². The van der Waals surface area contributed by atoms with E-state index in [1.165, 1.54) is 11.1 Å². The minimum absolute atomic E-state index is 0.542. The molecule has 0 atom stereocenters. The van der Waals surface area contributed by atoms with Crippen LogP contribution in [0, 0.1) is 6.92 Å². The Morgan fingerprint density at radius 3 is 1.62 bits per heavy atom. The van der Waals surface area contributed by atoms with E-state index in [4.69, 9.17) is 10.7 Å². The molecule has 3 aromatic carbocycles. The molecule has 0 saturated carbocycles. The van der Waals surface area contributed by atoms with Gasteiger partial charge < -0.3 is 5.73 Å². The van der Waals surface area contributed by atoms with Gasteiger partial charge in [0.25, 0.3) is 0 Å². The molecule has 2 heteroatoms. The van der Waals surface area contributed by atoms with Gasteiger partial charge in [-0.3, -0.25) is 4.99 Å². The second kappa shape index (κ2) is 10.4. The van der Waals surface area contributed by atoms with E-state index in [-0.39, 0.29) is 0 Å². The van der Waals surface area contributed by atoms with E-state index in [0.717, 1.165) is 23.1 Å². The number of amidine groups is 1. The third-order valence-electron chi connectivity index (χ3n) is 4.87. The van der Waals surface area contributed by atoms with Crippen molar-refractivity contribution < 1.29 is 0 Å². The summed E-state index contributed by atoms with van der Waals surface area (Å²) < 4.78 is 0. The molecule has 150 valence electrons. The fraction of sp³-hybridized carbons (Fsp3) is 0.222. The molecular weight excluding hydrogens is 352 g/mol. The number of aliphatic imine (C=N–C) groups is 1. The van der Waals surface area contributed by atoms with Crippen molar-refractivity contribution in [3.05, 3.63) is 119 Å². The summed E-state index contributed by atoms with van der Waals surface area (Å²) in [6.07, 6.45) is 1.14. The lowest BCUT2D eigenvalue weighted by Gasteiger charge is -2.32. The van der Waals surface area contributed by atoms with Crippen molar-refractivity contribution in [2.75, 3.05) is 0 Å². The monoisotopic (exact) mass is 384 g/mol. The standard InChI is InChI=1S/C18H20N2.C9H12/c1-14(2)18(20-15(3)19,16-10-6-4-7-11-16)17-12-8-5-9-13-17;1-3-9-6-4-8(2)5-7-9/h4-13H,1H2,2-3H3,(H2,19,20);4-7H,3H2,1-2H3. The molecule has 2 N–H and O–H groups in total. The average molecular weight is 385 g/mol. The first-order valence-corrected chi connectivity index (χ1v) is 10.0. The molecule has 0 fully saturated rings. The van der Waals surface area contributed by atoms with E-state index >= 15 is 0 Å². The van der Waals surface area contributed by atoms with Gasteiger partial charge >= 0.3 is 0 Å². The zero-order valence-corrected chi connectivity index (χ0v) is 18.0. The summed E-state index contributed by atoms with van der Waals surface area (Å²) in [5.41, 5.74) is 11.1. The highest BCUT2D eigenvalue weighted by Gasteiger charge is 2.34. The van der Waals surface area contributed by atoms with Gasteiger partial charge in [-0.25, -0.2) is 0 Å². The molecule has 2 nitrogen and oxygen atoms in total. The Balaban J connectivity index is 0.000000278. The lowest BCUT2D eigenvalue weighted by molar-refractivity contribution is 0.640. The Bertz CT molecular complexity index is 880. The third kappa shape index (κ3) is 5.68. The van der Waals surface area contributed by atoms with Crippen LogP contribution in [0.3, 0.4) is 0 Å². The molecule has 0 aromatic heterocycles. The molecule has 0 aliphatic rings. The van der Waals surface area contributed by atoms with Crippen LogP contribution in [0.25, 0.3) is 0 Å². The van der Waals surface area contributed by atoms with Crippen LogP contribution < -0.4 is 5.73 Å². The van der Waals surface area contributed by atoms with Gasteiger partial charge in [0, 0.05) is 0 Å². The molecule has 0 spiro atoms. The first-order chi connectivity index (χ1) is 13.9. The summed E-state index contributed by atoms with van der Waals surface area (Å²) in [6, 6.07) is 28.9. The van der Waals surface area contributed by atoms with Crippen LogP contribution in [0.2, 0.25) is 0 Å². The van der Waals surface area contributed by atoms with Crippen LogP contribution in [-0.2, 0) is 12.0 Å². The van der Waals surface area contributed by atoms with E-state index in [0.29, 0.717) is 5.84 Å². The maximum atomic E-state index is 5.90. The van der Waals surface area contributed by atoms with Gasteiger partial charge in [0.05, 0.1) is 5.84 Å². The molecule has 0 bridgehead atoms. The maximum absolute atomic E-state index is 5.90. The SMILES string of the molecule is C=C(C)C(N=C(C)N)(c1ccccc1)c1ccccc1.CCc1ccc(C)cc1. The average Bonchev–Trinajstić information content (AvgIpc) is 2.74. The highest BCUT2D eigenvalue weighted by Crippen LogP contribution is 2.39. The minimum atomic E-state index is -0.624. The van der Waals surface area contributed by atoms with Gasteiger partial charge in [-0.15, -0.1) is 0 Å². The van der Waals surface area contributed by atoms with E-state index in [1.54, 1.807) is 0 Å². The Labute approximate surface area is 175 Å². The zero-order chi connectivity index (χ0) is 21.3. The molecule has 29 heavy (non-hydrogen) atoms. The quantitative estimate of drug-likeness (QED) is 0.307. The molecule has 0 radical (unpaired) electrons. The number of aryl methyl sites for hydroxylation is 2. The molecular formula is C27H32N2. The second-order valence-corrected chi connectivity index (χ2v) is 7.32. The van der Waals surface area contributed by atoms with Gasteiger partial charge in [-0.05, 0) is 49.5 Å². The van der Waals surface area contributed by atoms with Crippen LogP contribution in [0.15, 0.2) is 102 Å². The summed E-state index contributed by atoms with van der Waals surface area (Å²) in [7, 11) is 0. The maximum Gasteiger partial charge on any atom is 0.133 e. The van der Waals surface area contributed by atoms with Crippen molar-refractivity contribution in [1.29, 1.82) is 0 Å². The number of nitrogens with zero attached hydrogens (tertiary/aromatic N) is 1. The van der Waals surface area contributed by atoms with Crippen molar-refractivity contribution >= 4 is 5.84 Å². The van der Waals surface area contributed by atoms with Crippen LogP contribution in [-0.4, -0.2) is 5.84 Å². The smallest absolute Gasteiger partial charge is 0.133 e. The highest BCUT2D eigenvalue weighted by molar-refractivity contribution is 5.79. The van der Waals surface area contributed by atoms with E-state index in [1.807, 2.05) is 50.2 Å². The van der Waals surface area contributed by atoms with Crippen LogP contribution in [0.1, 0.15) is 43.0 Å². The van der Waals surface area contributed by atoms with Crippen molar-refractivity contribution in [1.82, 2.24) is 0 Å². The Kier molecular flexibility index (Phi) is 7.97. The molecule has 0 aliphatic carbocycles. The predicted octanol–water partition coefficient (Wildman–Crippen LogP) is 6.44. The minimum Gasteiger partial charge on any atom is -0.388 e. The van der Waals surface area contributed by atoms with E-state index in [9.17, 15) is 0 Å². The summed E-state index contributed by atoms with van der Waals surface area (Å²) in [4.78, 5) is 4.74. The van der Waals surface area contributed by atoms with Gasteiger partial charge in [-0.2, -0.15) is 0 Å². The number of nitrogens with two attached hydrogens (primary N) is 1. The number of rotatable bonds is 5. The number of hydrogen-bond donors (Lipinski definition) is 1. The molecule has 0 aliphatic heterocycles. The topological polar surface area (TPSA) is 38.4 Å². The molecule has 0 unspecified atom stereocenters. The fourth-order valence-corrected chi connectivity index (χ4v) is 3.33. The highest BCUT2D eigenvalue weighted by atomic mass is 14.9. The van der Waals surface area contributed by atoms with E-state index < -0.39 is 5.54 Å². The molecule has 3 rings (SSSR count). The van der Waals surface area contributed by atoms with Crippen molar-refractivity contribution in [3.63, 3.8) is 0 Å². The Hall–Kier alpha value is -3.13. The van der Waals surface area contributed by atoms with Gasteiger partial charge in [0.15, 0.2) is 0 Å². The Morgan fingerprint density at radius 2 is 1.28 bits per heavy atom. The lowest BCUT2D eigenvalue weighted by atomic mass is 9.78. The van der Waals surface area contributed by atoms with Crippen molar-refractivity contribution in [3.8, 4) is 0 Å². The first kappa shape index (κ1) is 22.2. The summed E-state index contributed by atoms with van der Waals surface area (Å²) in [6.45, 7) is 12.3. The van der Waals surface area contributed by atoms with Gasteiger partial charge in [0.1, 0.15) is 5.54 Å². The molecule has 0 saturated heterocycles. The van der Waals surface area contributed by atoms with Crippen molar-refractivity contribution in [2.24, 2.45) is 10.7 Å². The summed E-state index contributed by atoms with van der Waals surface area (Å²) >= 11 is 0. The fourth-order valence-electron chi connectivity index (χ4n) is 3.33. The lowest BCUT2D eigenvalue weighted by Crippen LogP contribution is -2.29. The largest absolute Gasteiger partial charge is 0.388 e. The van der Waals surface area contributed by atoms with Crippen LogP contribution in [0.4, 0.5) is 0 Å². The molecule has 0 amide bonds. The third-order valence-corrected chi connectivity index (χ3v) is 4.87. The normalized spacial score (nSPS) is 11.4. The number of benzene rings is 3. The molecule has 0 heterocycles. The Morgan fingerprint density at radius 1 is 0.828 bits per heavy atom. The predicted molar refractivity (Wildman–Crippen MR) is 126 cm³/mol. The summed E-state index contributed by atoms with van der Waals surface area (Å²) in [5, 5.41) is 0. The van der Waals surface area contributed by atoms with Crippen LogP contribution >= 0.6 is 0 Å². The van der Waals surface area contributed by atoms with E-state index in [2.05, 4.69) is 69.0 Å². The molecule has 3 aromatic rings. The van der Waals surface area contributed by atoms with Crippen LogP contribution in [0.5, 0.6) is 0 Å². The first-order valence-electron chi connectivity index (χ1n) is 10.0. The zero-order valence-electron chi connectivity index (χ0n) is 18.0. The summed E-state index contributed by atoms with van der Waals surface area (Å²) in [5.74, 6) is 0.542. The number of hydrogen-bond acceptors (Lipinski definition) is 1. The van der Waals surface area contributed by atoms with Crippen molar-refractivity contribution in [2.45, 2.75) is 39.7 Å². The second-order valence-electron chi connectivity index (χ2n) is 7.32. The van der Waals surface area contributed by atoms with Gasteiger partial charge in [-0.1, -0.05) is 104 Å².